The van der Waals surface area contributed by atoms with E-state index in [1.54, 1.807) is 12.0 Å². The van der Waals surface area contributed by atoms with Gasteiger partial charge in [0, 0.05) is 31.7 Å². The molecule has 0 unspecified atom stereocenters. The Bertz CT molecular complexity index is 680. The number of urea groups is 1. The van der Waals surface area contributed by atoms with E-state index in [-0.39, 0.29) is 17.5 Å². The number of aryl methyl sites for hydroxylation is 2. The number of nitrogens with zero attached hydrogens (tertiary/aromatic N) is 2. The van der Waals surface area contributed by atoms with Crippen LogP contribution in [0.3, 0.4) is 0 Å². The van der Waals surface area contributed by atoms with Crippen LogP contribution in [-0.4, -0.2) is 60.6 Å². The first-order chi connectivity index (χ1) is 12.1. The molecular weight excluding hydrogens is 330 g/mol. The second-order valence-corrected chi connectivity index (χ2v) is 7.97. The summed E-state index contributed by atoms with van der Waals surface area (Å²) >= 11 is 0. The molecule has 0 saturated carbocycles. The van der Waals surface area contributed by atoms with Crippen LogP contribution in [0.4, 0.5) is 4.79 Å². The van der Waals surface area contributed by atoms with Crippen molar-refractivity contribution in [3.63, 3.8) is 0 Å². The van der Waals surface area contributed by atoms with Gasteiger partial charge in [-0.25, -0.2) is 4.79 Å². The van der Waals surface area contributed by atoms with Gasteiger partial charge >= 0.3 is 6.03 Å². The predicted octanol–water partition coefficient (Wildman–Crippen LogP) is 2.97. The third kappa shape index (κ3) is 4.90. The summed E-state index contributed by atoms with van der Waals surface area (Å²) in [5, 5.41) is 2.99. The molecule has 0 aliphatic carbocycles. The average Bonchev–Trinajstić information content (AvgIpc) is 2.78. The average molecular weight is 361 g/mol. The highest BCUT2D eigenvalue weighted by Crippen LogP contribution is 2.26. The summed E-state index contributed by atoms with van der Waals surface area (Å²) < 4.78 is 5.44. The molecule has 1 heterocycles. The Morgan fingerprint density at radius 2 is 1.65 bits per heavy atom. The molecular formula is C20H31N3O3. The molecule has 1 aromatic carbocycles. The molecule has 1 N–H and O–H groups in total. The molecule has 6 heteroatoms. The van der Waals surface area contributed by atoms with Crippen molar-refractivity contribution in [1.82, 2.24) is 15.1 Å². The molecule has 1 aliphatic heterocycles. The van der Waals surface area contributed by atoms with Gasteiger partial charge in [-0.3, -0.25) is 4.79 Å². The minimum absolute atomic E-state index is 0.0302. The van der Waals surface area contributed by atoms with Crippen LogP contribution in [0.2, 0.25) is 0 Å². The number of methoxy groups -OCH3 is 1. The summed E-state index contributed by atoms with van der Waals surface area (Å²) in [6.45, 7) is 12.1. The number of amides is 3. The standard InChI is InChI=1S/C20H31N3O3/c1-14-12-15(2)17(16(13-14)26-6)18(24)22-8-7-9-23(11-10-22)19(25)21-20(3,4)5/h12-13H,7-11H2,1-6H3,(H,21,25). The van der Waals surface area contributed by atoms with E-state index in [0.29, 0.717) is 37.5 Å². The zero-order valence-electron chi connectivity index (χ0n) is 16.8. The maximum Gasteiger partial charge on any atom is 0.317 e. The number of nitrogens with one attached hydrogen (secondary N) is 1. The molecule has 3 amide bonds. The van der Waals surface area contributed by atoms with E-state index in [2.05, 4.69) is 5.32 Å². The van der Waals surface area contributed by atoms with Gasteiger partial charge in [0.2, 0.25) is 0 Å². The van der Waals surface area contributed by atoms with Gasteiger partial charge in [-0.1, -0.05) is 6.07 Å². The Hall–Kier alpha value is -2.24. The maximum atomic E-state index is 13.1. The molecule has 1 aromatic rings. The van der Waals surface area contributed by atoms with Crippen molar-refractivity contribution in [2.24, 2.45) is 0 Å². The van der Waals surface area contributed by atoms with Crippen molar-refractivity contribution in [2.75, 3.05) is 33.3 Å². The van der Waals surface area contributed by atoms with E-state index in [0.717, 1.165) is 17.5 Å². The highest BCUT2D eigenvalue weighted by molar-refractivity contribution is 5.98. The van der Waals surface area contributed by atoms with Crippen LogP contribution < -0.4 is 10.1 Å². The summed E-state index contributed by atoms with van der Waals surface area (Å²) in [7, 11) is 1.59. The minimum Gasteiger partial charge on any atom is -0.496 e. The van der Waals surface area contributed by atoms with Crippen molar-refractivity contribution in [2.45, 2.75) is 46.6 Å². The van der Waals surface area contributed by atoms with E-state index >= 15 is 0 Å². The number of carbonyl (C=O) groups excluding carboxylic acids is 2. The second kappa shape index (κ2) is 7.98. The molecule has 0 aromatic heterocycles. The summed E-state index contributed by atoms with van der Waals surface area (Å²) in [5.41, 5.74) is 2.33. The first kappa shape index (κ1) is 20.1. The van der Waals surface area contributed by atoms with Gasteiger partial charge in [-0.2, -0.15) is 0 Å². The molecule has 1 saturated heterocycles. The number of benzene rings is 1. The largest absolute Gasteiger partial charge is 0.496 e. The van der Waals surface area contributed by atoms with Crippen molar-refractivity contribution in [3.05, 3.63) is 28.8 Å². The molecule has 0 radical (unpaired) electrons. The molecule has 1 aliphatic rings. The molecule has 144 valence electrons. The Labute approximate surface area is 156 Å². The fourth-order valence-electron chi connectivity index (χ4n) is 3.25. The minimum atomic E-state index is -0.273. The van der Waals surface area contributed by atoms with Crippen LogP contribution in [-0.2, 0) is 0 Å². The quantitative estimate of drug-likeness (QED) is 0.881. The van der Waals surface area contributed by atoms with E-state index in [9.17, 15) is 9.59 Å². The van der Waals surface area contributed by atoms with Gasteiger partial charge < -0.3 is 19.9 Å². The van der Waals surface area contributed by atoms with Crippen LogP contribution >= 0.6 is 0 Å². The van der Waals surface area contributed by atoms with Crippen LogP contribution in [0.5, 0.6) is 5.75 Å². The third-order valence-electron chi connectivity index (χ3n) is 4.43. The second-order valence-electron chi connectivity index (χ2n) is 7.97. The van der Waals surface area contributed by atoms with Gasteiger partial charge in [-0.05, 0) is 58.2 Å². The first-order valence-corrected chi connectivity index (χ1v) is 9.14. The normalized spacial score (nSPS) is 15.5. The molecule has 1 fully saturated rings. The maximum absolute atomic E-state index is 13.1. The molecule has 0 spiro atoms. The van der Waals surface area contributed by atoms with Gasteiger partial charge in [0.05, 0.1) is 12.7 Å². The number of ether oxygens (including phenoxy) is 1. The van der Waals surface area contributed by atoms with Crippen molar-refractivity contribution in [3.8, 4) is 5.75 Å². The van der Waals surface area contributed by atoms with Gasteiger partial charge in [0.15, 0.2) is 0 Å². The highest BCUT2D eigenvalue weighted by atomic mass is 16.5. The number of hydrogen-bond donors (Lipinski definition) is 1. The lowest BCUT2D eigenvalue weighted by Crippen LogP contribution is -2.49. The molecule has 26 heavy (non-hydrogen) atoms. The number of rotatable bonds is 2. The molecule has 6 nitrogen and oxygen atoms in total. The lowest BCUT2D eigenvalue weighted by Gasteiger charge is -2.27. The summed E-state index contributed by atoms with van der Waals surface area (Å²) in [5.74, 6) is 0.580. The summed E-state index contributed by atoms with van der Waals surface area (Å²) in [6.07, 6.45) is 0.760. The van der Waals surface area contributed by atoms with Gasteiger partial charge in [0.25, 0.3) is 5.91 Å². The third-order valence-corrected chi connectivity index (χ3v) is 4.43. The van der Waals surface area contributed by atoms with Gasteiger partial charge in [-0.15, -0.1) is 0 Å². The Balaban J connectivity index is 2.12. The van der Waals surface area contributed by atoms with E-state index in [4.69, 9.17) is 4.74 Å². The summed E-state index contributed by atoms with van der Waals surface area (Å²) in [4.78, 5) is 29.1. The fraction of sp³-hybridized carbons (Fsp3) is 0.600. The highest BCUT2D eigenvalue weighted by Gasteiger charge is 2.27. The van der Waals surface area contributed by atoms with Crippen LogP contribution in [0.1, 0.15) is 48.7 Å². The molecule has 2 rings (SSSR count). The fourth-order valence-corrected chi connectivity index (χ4v) is 3.25. The number of hydrogen-bond acceptors (Lipinski definition) is 3. The van der Waals surface area contributed by atoms with Crippen molar-refractivity contribution < 1.29 is 14.3 Å². The van der Waals surface area contributed by atoms with Crippen LogP contribution in [0.15, 0.2) is 12.1 Å². The topological polar surface area (TPSA) is 61.9 Å². The van der Waals surface area contributed by atoms with Crippen LogP contribution in [0, 0.1) is 13.8 Å². The molecule has 0 atom stereocenters. The predicted molar refractivity (Wildman–Crippen MR) is 103 cm³/mol. The van der Waals surface area contributed by atoms with E-state index in [1.165, 1.54) is 0 Å². The Morgan fingerprint density at radius 3 is 2.27 bits per heavy atom. The van der Waals surface area contributed by atoms with E-state index in [1.807, 2.05) is 51.7 Å². The Morgan fingerprint density at radius 1 is 1.04 bits per heavy atom. The van der Waals surface area contributed by atoms with E-state index < -0.39 is 0 Å². The van der Waals surface area contributed by atoms with Crippen LogP contribution in [0.25, 0.3) is 0 Å². The monoisotopic (exact) mass is 361 g/mol. The van der Waals surface area contributed by atoms with Crippen molar-refractivity contribution in [1.29, 1.82) is 0 Å². The molecule has 0 bridgehead atoms. The summed E-state index contributed by atoms with van der Waals surface area (Å²) in [6, 6.07) is 3.81. The first-order valence-electron chi connectivity index (χ1n) is 9.14. The lowest BCUT2D eigenvalue weighted by molar-refractivity contribution is 0.0757. The smallest absolute Gasteiger partial charge is 0.317 e. The zero-order valence-corrected chi connectivity index (χ0v) is 16.8. The lowest BCUT2D eigenvalue weighted by atomic mass is 10.0. The van der Waals surface area contributed by atoms with Crippen molar-refractivity contribution >= 4 is 11.9 Å². The zero-order chi connectivity index (χ0) is 19.5. The number of carbonyl (C=O) groups is 2. The Kier molecular flexibility index (Phi) is 6.16. The SMILES string of the molecule is COc1cc(C)cc(C)c1C(=O)N1CCCN(C(=O)NC(C)(C)C)CC1. The van der Waals surface area contributed by atoms with Gasteiger partial charge in [0.1, 0.15) is 5.75 Å².